The first kappa shape index (κ1) is 12.4. The van der Waals surface area contributed by atoms with E-state index < -0.39 is 0 Å². The van der Waals surface area contributed by atoms with Crippen LogP contribution in [0.3, 0.4) is 0 Å². The average Bonchev–Trinajstić information content (AvgIpc) is 2.34. The standard InChI is InChI=1S/C13H15BrN2O/c14-12-7-9(8-15)1-6-13(12)16-10-2-4-11(17)5-3-10/h1,6-7,10-11,16-17H,2-5H2. The Hall–Kier alpha value is -1.05. The van der Waals surface area contributed by atoms with E-state index in [1.165, 1.54) is 0 Å². The third-order valence-corrected chi connectivity index (χ3v) is 3.81. The molecule has 0 aliphatic heterocycles. The summed E-state index contributed by atoms with van der Waals surface area (Å²) in [5.41, 5.74) is 1.67. The van der Waals surface area contributed by atoms with E-state index in [-0.39, 0.29) is 6.10 Å². The lowest BCUT2D eigenvalue weighted by Gasteiger charge is -2.27. The van der Waals surface area contributed by atoms with Crippen molar-refractivity contribution in [2.24, 2.45) is 0 Å². The van der Waals surface area contributed by atoms with Gasteiger partial charge >= 0.3 is 0 Å². The first-order valence-electron chi connectivity index (χ1n) is 5.83. The second kappa shape index (κ2) is 5.52. The van der Waals surface area contributed by atoms with Crippen molar-refractivity contribution in [1.82, 2.24) is 0 Å². The van der Waals surface area contributed by atoms with Gasteiger partial charge < -0.3 is 10.4 Å². The molecule has 0 spiro atoms. The molecular weight excluding hydrogens is 280 g/mol. The zero-order valence-corrected chi connectivity index (χ0v) is 11.1. The van der Waals surface area contributed by atoms with E-state index in [2.05, 4.69) is 27.3 Å². The molecule has 1 aliphatic carbocycles. The van der Waals surface area contributed by atoms with Crippen LogP contribution in [0.1, 0.15) is 31.2 Å². The van der Waals surface area contributed by atoms with Crippen LogP contribution in [0.25, 0.3) is 0 Å². The summed E-state index contributed by atoms with van der Waals surface area (Å²) in [6.45, 7) is 0. The van der Waals surface area contributed by atoms with Crippen molar-refractivity contribution in [2.45, 2.75) is 37.8 Å². The van der Waals surface area contributed by atoms with Crippen molar-refractivity contribution in [3.8, 4) is 6.07 Å². The van der Waals surface area contributed by atoms with Gasteiger partial charge in [-0.1, -0.05) is 0 Å². The van der Waals surface area contributed by atoms with E-state index in [0.717, 1.165) is 35.8 Å². The van der Waals surface area contributed by atoms with E-state index in [1.807, 2.05) is 18.2 Å². The van der Waals surface area contributed by atoms with Crippen LogP contribution in [0.5, 0.6) is 0 Å². The predicted molar refractivity (Wildman–Crippen MR) is 70.7 cm³/mol. The summed E-state index contributed by atoms with van der Waals surface area (Å²) in [4.78, 5) is 0. The van der Waals surface area contributed by atoms with Gasteiger partial charge in [-0.25, -0.2) is 0 Å². The zero-order valence-electron chi connectivity index (χ0n) is 9.49. The minimum absolute atomic E-state index is 0.127. The first-order valence-corrected chi connectivity index (χ1v) is 6.62. The van der Waals surface area contributed by atoms with Gasteiger partial charge in [-0.05, 0) is 59.8 Å². The van der Waals surface area contributed by atoms with E-state index >= 15 is 0 Å². The monoisotopic (exact) mass is 294 g/mol. The van der Waals surface area contributed by atoms with Crippen LogP contribution in [0.4, 0.5) is 5.69 Å². The van der Waals surface area contributed by atoms with Crippen LogP contribution in [-0.2, 0) is 0 Å². The van der Waals surface area contributed by atoms with E-state index in [0.29, 0.717) is 11.6 Å². The van der Waals surface area contributed by atoms with Crippen molar-refractivity contribution < 1.29 is 5.11 Å². The SMILES string of the molecule is N#Cc1ccc(NC2CCC(O)CC2)c(Br)c1. The normalized spacial score (nSPS) is 24.1. The maximum Gasteiger partial charge on any atom is 0.0992 e. The van der Waals surface area contributed by atoms with Gasteiger partial charge in [-0.15, -0.1) is 0 Å². The van der Waals surface area contributed by atoms with Crippen LogP contribution in [0, 0.1) is 11.3 Å². The Morgan fingerprint density at radius 2 is 2.00 bits per heavy atom. The number of aliphatic hydroxyl groups is 1. The maximum atomic E-state index is 9.44. The summed E-state index contributed by atoms with van der Waals surface area (Å²) in [5, 5.41) is 21.7. The smallest absolute Gasteiger partial charge is 0.0992 e. The van der Waals surface area contributed by atoms with Crippen molar-refractivity contribution in [3.63, 3.8) is 0 Å². The largest absolute Gasteiger partial charge is 0.393 e. The van der Waals surface area contributed by atoms with Crippen molar-refractivity contribution in [3.05, 3.63) is 28.2 Å². The molecule has 0 amide bonds. The third-order valence-electron chi connectivity index (χ3n) is 3.15. The summed E-state index contributed by atoms with van der Waals surface area (Å²) in [6, 6.07) is 8.09. The lowest BCUT2D eigenvalue weighted by molar-refractivity contribution is 0.126. The molecule has 90 valence electrons. The highest BCUT2D eigenvalue weighted by Gasteiger charge is 2.19. The van der Waals surface area contributed by atoms with Gasteiger partial charge in [0.1, 0.15) is 0 Å². The number of hydrogen-bond acceptors (Lipinski definition) is 3. The van der Waals surface area contributed by atoms with Crippen LogP contribution >= 0.6 is 15.9 Å². The molecule has 0 saturated heterocycles. The fourth-order valence-electron chi connectivity index (χ4n) is 2.14. The Labute approximate surface area is 110 Å². The highest BCUT2D eigenvalue weighted by atomic mass is 79.9. The number of benzene rings is 1. The van der Waals surface area contributed by atoms with E-state index in [9.17, 15) is 5.11 Å². The van der Waals surface area contributed by atoms with Gasteiger partial charge in [0.05, 0.1) is 17.7 Å². The molecule has 0 atom stereocenters. The number of nitrogens with zero attached hydrogens (tertiary/aromatic N) is 1. The molecule has 0 radical (unpaired) electrons. The molecule has 0 unspecified atom stereocenters. The number of rotatable bonds is 2. The van der Waals surface area contributed by atoms with Gasteiger partial charge in [0.25, 0.3) is 0 Å². The minimum atomic E-state index is -0.127. The molecule has 0 aromatic heterocycles. The minimum Gasteiger partial charge on any atom is -0.393 e. The summed E-state index contributed by atoms with van der Waals surface area (Å²) >= 11 is 3.46. The summed E-state index contributed by atoms with van der Waals surface area (Å²) < 4.78 is 0.919. The molecule has 3 nitrogen and oxygen atoms in total. The molecule has 2 rings (SSSR count). The van der Waals surface area contributed by atoms with Crippen LogP contribution < -0.4 is 5.32 Å². The quantitative estimate of drug-likeness (QED) is 0.881. The predicted octanol–water partition coefficient (Wildman–Crippen LogP) is 3.04. The van der Waals surface area contributed by atoms with Gasteiger partial charge in [0, 0.05) is 16.2 Å². The van der Waals surface area contributed by atoms with Gasteiger partial charge in [0.2, 0.25) is 0 Å². The molecule has 1 saturated carbocycles. The number of hydrogen-bond donors (Lipinski definition) is 2. The van der Waals surface area contributed by atoms with Crippen LogP contribution in [-0.4, -0.2) is 17.3 Å². The van der Waals surface area contributed by atoms with Gasteiger partial charge in [-0.2, -0.15) is 5.26 Å². The second-order valence-corrected chi connectivity index (χ2v) is 5.31. The lowest BCUT2D eigenvalue weighted by Crippen LogP contribution is -2.28. The Bertz CT molecular complexity index is 434. The lowest BCUT2D eigenvalue weighted by atomic mass is 9.93. The topological polar surface area (TPSA) is 56.0 Å². The Kier molecular flexibility index (Phi) is 4.03. The second-order valence-electron chi connectivity index (χ2n) is 4.46. The number of halogens is 1. The highest BCUT2D eigenvalue weighted by Crippen LogP contribution is 2.27. The van der Waals surface area contributed by atoms with Crippen LogP contribution in [0.2, 0.25) is 0 Å². The fraction of sp³-hybridized carbons (Fsp3) is 0.462. The molecule has 0 bridgehead atoms. The average molecular weight is 295 g/mol. The molecule has 1 aliphatic rings. The molecule has 2 N–H and O–H groups in total. The fourth-order valence-corrected chi connectivity index (χ4v) is 2.64. The van der Waals surface area contributed by atoms with Crippen molar-refractivity contribution >= 4 is 21.6 Å². The number of nitriles is 1. The third kappa shape index (κ3) is 3.21. The summed E-state index contributed by atoms with van der Waals surface area (Å²) in [6.07, 6.45) is 3.59. The molecule has 0 heterocycles. The summed E-state index contributed by atoms with van der Waals surface area (Å²) in [5.74, 6) is 0. The number of anilines is 1. The van der Waals surface area contributed by atoms with Gasteiger partial charge in [-0.3, -0.25) is 0 Å². The number of nitrogens with one attached hydrogen (secondary N) is 1. The van der Waals surface area contributed by atoms with Crippen molar-refractivity contribution in [2.75, 3.05) is 5.32 Å². The Balaban J connectivity index is 2.02. The molecule has 17 heavy (non-hydrogen) atoms. The molecular formula is C13H15BrN2O. The molecule has 1 aromatic carbocycles. The summed E-state index contributed by atoms with van der Waals surface area (Å²) in [7, 11) is 0. The molecule has 4 heteroatoms. The van der Waals surface area contributed by atoms with E-state index in [4.69, 9.17) is 5.26 Å². The molecule has 1 aromatic rings. The van der Waals surface area contributed by atoms with Crippen LogP contribution in [0.15, 0.2) is 22.7 Å². The van der Waals surface area contributed by atoms with Gasteiger partial charge in [0.15, 0.2) is 0 Å². The van der Waals surface area contributed by atoms with E-state index in [1.54, 1.807) is 0 Å². The molecule has 1 fully saturated rings. The van der Waals surface area contributed by atoms with Crippen molar-refractivity contribution in [1.29, 1.82) is 5.26 Å². The maximum absolute atomic E-state index is 9.44. The number of aliphatic hydroxyl groups excluding tert-OH is 1. The zero-order chi connectivity index (χ0) is 12.3. The highest BCUT2D eigenvalue weighted by molar-refractivity contribution is 9.10. The Morgan fingerprint density at radius 1 is 1.29 bits per heavy atom. The Morgan fingerprint density at radius 3 is 2.59 bits per heavy atom. The first-order chi connectivity index (χ1) is 8.19.